The monoisotopic (exact) mass is 461 g/mol. The summed E-state index contributed by atoms with van der Waals surface area (Å²) >= 11 is 12.6. The largest absolute Gasteiger partial charge is 0.383 e. The average Bonchev–Trinajstić information content (AvgIpc) is 3.14. The number of nitrogens with two attached hydrogens (primary N) is 1. The topological polar surface area (TPSA) is 94.5 Å². The molecule has 0 saturated heterocycles. The summed E-state index contributed by atoms with van der Waals surface area (Å²) in [5.41, 5.74) is 9.91. The van der Waals surface area contributed by atoms with Gasteiger partial charge in [0.1, 0.15) is 5.82 Å². The Hall–Kier alpha value is -3.68. The molecule has 0 unspecified atom stereocenters. The quantitative estimate of drug-likeness (QED) is 0.364. The number of aromatic nitrogens is 5. The number of rotatable bonds is 5. The fourth-order valence-electron chi connectivity index (χ4n) is 3.41. The molecule has 9 heteroatoms. The Morgan fingerprint density at radius 3 is 2.56 bits per heavy atom. The van der Waals surface area contributed by atoms with E-state index in [1.807, 2.05) is 54.6 Å². The molecule has 2 aromatic carbocycles. The summed E-state index contributed by atoms with van der Waals surface area (Å²) in [7, 11) is 0. The number of nitrogen functional groups attached to an aromatic ring is 1. The standard InChI is InChI=1S/C23H17Cl2N7/c24-15-7-5-6-14(12-15)20-19-21(26)32(18-10-2-1-9-17(18)25)31-22(19)30-23(29-20)28-13-16-8-3-4-11-27-16/h1-12H,13,26H2,(H,28,30,31). The van der Waals surface area contributed by atoms with Crippen LogP contribution < -0.4 is 11.1 Å². The maximum Gasteiger partial charge on any atom is 0.225 e. The van der Waals surface area contributed by atoms with Crippen molar-refractivity contribution in [2.45, 2.75) is 6.54 Å². The van der Waals surface area contributed by atoms with Crippen molar-refractivity contribution in [3.05, 3.63) is 88.7 Å². The van der Waals surface area contributed by atoms with Crippen LogP contribution in [0.3, 0.4) is 0 Å². The average molecular weight is 462 g/mol. The summed E-state index contributed by atoms with van der Waals surface area (Å²) in [6.07, 6.45) is 1.74. The van der Waals surface area contributed by atoms with E-state index in [0.29, 0.717) is 50.8 Å². The van der Waals surface area contributed by atoms with Gasteiger partial charge >= 0.3 is 0 Å². The van der Waals surface area contributed by atoms with Crippen LogP contribution in [0.2, 0.25) is 10.0 Å². The van der Waals surface area contributed by atoms with Crippen molar-refractivity contribution >= 4 is 46.0 Å². The number of hydrogen-bond acceptors (Lipinski definition) is 6. The second-order valence-corrected chi connectivity index (χ2v) is 7.87. The molecule has 0 amide bonds. The number of fused-ring (bicyclic) bond motifs is 1. The molecule has 0 saturated carbocycles. The molecule has 158 valence electrons. The molecule has 5 rings (SSSR count). The van der Waals surface area contributed by atoms with Gasteiger partial charge in [0, 0.05) is 16.8 Å². The molecule has 3 heterocycles. The number of nitrogens with one attached hydrogen (secondary N) is 1. The Morgan fingerprint density at radius 1 is 0.938 bits per heavy atom. The van der Waals surface area contributed by atoms with Gasteiger partial charge in [-0.3, -0.25) is 4.98 Å². The summed E-state index contributed by atoms with van der Waals surface area (Å²) in [5.74, 6) is 0.793. The lowest BCUT2D eigenvalue weighted by Gasteiger charge is -2.09. The van der Waals surface area contributed by atoms with E-state index in [1.54, 1.807) is 23.0 Å². The van der Waals surface area contributed by atoms with Gasteiger partial charge in [0.2, 0.25) is 5.95 Å². The number of anilines is 2. The third kappa shape index (κ3) is 3.84. The summed E-state index contributed by atoms with van der Waals surface area (Å²) < 4.78 is 1.58. The van der Waals surface area contributed by atoms with Crippen molar-refractivity contribution in [3.63, 3.8) is 0 Å². The second-order valence-electron chi connectivity index (χ2n) is 7.03. The van der Waals surface area contributed by atoms with Gasteiger partial charge in [-0.25, -0.2) is 9.67 Å². The fourth-order valence-corrected chi connectivity index (χ4v) is 3.82. The van der Waals surface area contributed by atoms with Gasteiger partial charge in [-0.2, -0.15) is 4.98 Å². The van der Waals surface area contributed by atoms with Crippen LogP contribution in [0.25, 0.3) is 28.0 Å². The molecule has 32 heavy (non-hydrogen) atoms. The van der Waals surface area contributed by atoms with Crippen LogP contribution >= 0.6 is 23.2 Å². The summed E-state index contributed by atoms with van der Waals surface area (Å²) in [6.45, 7) is 0.460. The van der Waals surface area contributed by atoms with Gasteiger partial charge < -0.3 is 11.1 Å². The van der Waals surface area contributed by atoms with Crippen molar-refractivity contribution < 1.29 is 0 Å². The van der Waals surface area contributed by atoms with Crippen molar-refractivity contribution in [2.75, 3.05) is 11.1 Å². The van der Waals surface area contributed by atoms with Gasteiger partial charge in [-0.1, -0.05) is 53.5 Å². The van der Waals surface area contributed by atoms with E-state index in [1.165, 1.54) is 0 Å². The smallest absolute Gasteiger partial charge is 0.225 e. The minimum atomic E-state index is 0.388. The predicted molar refractivity (Wildman–Crippen MR) is 128 cm³/mol. The Balaban J connectivity index is 1.67. The van der Waals surface area contributed by atoms with Gasteiger partial charge in [-0.05, 0) is 36.4 Å². The van der Waals surface area contributed by atoms with Crippen LogP contribution in [0, 0.1) is 0 Å². The highest BCUT2D eigenvalue weighted by Crippen LogP contribution is 2.34. The second kappa shape index (κ2) is 8.45. The SMILES string of the molecule is Nc1c2c(-c3cccc(Cl)c3)nc(NCc3ccccn3)nc2nn1-c1ccccc1Cl. The third-order valence-electron chi connectivity index (χ3n) is 4.90. The van der Waals surface area contributed by atoms with Crippen LogP contribution in [0.1, 0.15) is 5.69 Å². The highest BCUT2D eigenvalue weighted by Gasteiger charge is 2.20. The summed E-state index contributed by atoms with van der Waals surface area (Å²) in [4.78, 5) is 13.7. The van der Waals surface area contributed by atoms with Crippen LogP contribution in [-0.2, 0) is 6.54 Å². The van der Waals surface area contributed by atoms with E-state index in [4.69, 9.17) is 33.9 Å². The number of benzene rings is 2. The summed E-state index contributed by atoms with van der Waals surface area (Å²) in [5, 5.41) is 9.60. The zero-order valence-corrected chi connectivity index (χ0v) is 18.2. The maximum absolute atomic E-state index is 6.53. The summed E-state index contributed by atoms with van der Waals surface area (Å²) in [6, 6.07) is 20.5. The molecule has 0 radical (unpaired) electrons. The van der Waals surface area contributed by atoms with E-state index in [2.05, 4.69) is 20.4 Å². The fraction of sp³-hybridized carbons (Fsp3) is 0.0435. The molecule has 0 spiro atoms. The maximum atomic E-state index is 6.53. The molecule has 0 fully saturated rings. The molecular formula is C23H17Cl2N7. The molecule has 7 nitrogen and oxygen atoms in total. The van der Waals surface area contributed by atoms with Crippen LogP contribution in [0.15, 0.2) is 72.9 Å². The number of para-hydroxylation sites is 1. The number of halogens is 2. The van der Waals surface area contributed by atoms with E-state index in [-0.39, 0.29) is 0 Å². The molecule has 0 aliphatic heterocycles. The predicted octanol–water partition coefficient (Wildman–Crippen LogP) is 5.38. The van der Waals surface area contributed by atoms with Crippen molar-refractivity contribution in [1.29, 1.82) is 0 Å². The molecule has 0 atom stereocenters. The van der Waals surface area contributed by atoms with Crippen molar-refractivity contribution in [3.8, 4) is 16.9 Å². The Labute approximate surface area is 193 Å². The number of nitrogens with zero attached hydrogens (tertiary/aromatic N) is 5. The van der Waals surface area contributed by atoms with Gasteiger partial charge in [-0.15, -0.1) is 5.10 Å². The van der Waals surface area contributed by atoms with Crippen LogP contribution in [0.5, 0.6) is 0 Å². The Kier molecular flexibility index (Phi) is 5.34. The van der Waals surface area contributed by atoms with Crippen LogP contribution in [0.4, 0.5) is 11.8 Å². The lowest BCUT2D eigenvalue weighted by Crippen LogP contribution is -2.06. The zero-order valence-electron chi connectivity index (χ0n) is 16.7. The lowest BCUT2D eigenvalue weighted by molar-refractivity contribution is 0.899. The van der Waals surface area contributed by atoms with Gasteiger partial charge in [0.25, 0.3) is 0 Å². The van der Waals surface area contributed by atoms with E-state index in [9.17, 15) is 0 Å². The highest BCUT2D eigenvalue weighted by atomic mass is 35.5. The normalized spacial score (nSPS) is 11.1. The molecular weight excluding hydrogens is 445 g/mol. The van der Waals surface area contributed by atoms with E-state index >= 15 is 0 Å². The van der Waals surface area contributed by atoms with Gasteiger partial charge in [0.15, 0.2) is 5.65 Å². The molecule has 0 bridgehead atoms. The zero-order chi connectivity index (χ0) is 22.1. The molecule has 0 aliphatic carbocycles. The Morgan fingerprint density at radius 2 is 1.78 bits per heavy atom. The third-order valence-corrected chi connectivity index (χ3v) is 5.46. The minimum absolute atomic E-state index is 0.388. The number of pyridine rings is 1. The molecule has 3 aromatic heterocycles. The minimum Gasteiger partial charge on any atom is -0.383 e. The van der Waals surface area contributed by atoms with Crippen molar-refractivity contribution in [1.82, 2.24) is 24.7 Å². The molecule has 5 aromatic rings. The van der Waals surface area contributed by atoms with Crippen LogP contribution in [-0.4, -0.2) is 24.7 Å². The lowest BCUT2D eigenvalue weighted by atomic mass is 10.1. The first-order valence-electron chi connectivity index (χ1n) is 9.81. The van der Waals surface area contributed by atoms with E-state index < -0.39 is 0 Å². The first kappa shape index (κ1) is 20.2. The highest BCUT2D eigenvalue weighted by molar-refractivity contribution is 6.32. The first-order valence-corrected chi connectivity index (χ1v) is 10.6. The van der Waals surface area contributed by atoms with Crippen molar-refractivity contribution in [2.24, 2.45) is 0 Å². The Bertz CT molecular complexity index is 1420. The van der Waals surface area contributed by atoms with Gasteiger partial charge in [0.05, 0.1) is 34.0 Å². The molecule has 0 aliphatic rings. The molecule has 3 N–H and O–H groups in total. The van der Waals surface area contributed by atoms with E-state index in [0.717, 1.165) is 11.3 Å². The first-order chi connectivity index (χ1) is 15.6. The number of hydrogen-bond donors (Lipinski definition) is 2.